The summed E-state index contributed by atoms with van der Waals surface area (Å²) >= 11 is 3.09. The first-order valence-electron chi connectivity index (χ1n) is 5.83. The fraction of sp³-hybridized carbons (Fsp3) is 0.538. The maximum atomic E-state index is 13.8. The van der Waals surface area contributed by atoms with Gasteiger partial charge in [0.2, 0.25) is 0 Å². The average Bonchev–Trinajstić information content (AvgIpc) is 3.12. The number of halogens is 3. The molecule has 0 bridgehead atoms. The maximum absolute atomic E-state index is 13.8. The minimum absolute atomic E-state index is 0.148. The number of hydrogen-bond acceptors (Lipinski definition) is 1. The SMILES string of the molecule is CC(C1CC1)N(C)Cc1c(F)ccc(Br)c1F. The zero-order chi connectivity index (χ0) is 12.6. The van der Waals surface area contributed by atoms with E-state index in [1.165, 1.54) is 25.0 Å². The van der Waals surface area contributed by atoms with Gasteiger partial charge in [0.25, 0.3) is 0 Å². The molecule has 94 valence electrons. The van der Waals surface area contributed by atoms with Gasteiger partial charge in [-0.2, -0.15) is 0 Å². The lowest BCUT2D eigenvalue weighted by Gasteiger charge is -2.25. The highest BCUT2D eigenvalue weighted by molar-refractivity contribution is 9.10. The van der Waals surface area contributed by atoms with Crippen molar-refractivity contribution in [3.63, 3.8) is 0 Å². The first kappa shape index (κ1) is 13.0. The van der Waals surface area contributed by atoms with Crippen LogP contribution in [0.5, 0.6) is 0 Å². The third-order valence-electron chi connectivity index (χ3n) is 3.55. The van der Waals surface area contributed by atoms with Crippen LogP contribution in [0.2, 0.25) is 0 Å². The second-order valence-corrected chi connectivity index (χ2v) is 5.67. The smallest absolute Gasteiger partial charge is 0.144 e. The van der Waals surface area contributed by atoms with E-state index >= 15 is 0 Å². The highest BCUT2D eigenvalue weighted by Gasteiger charge is 2.31. The van der Waals surface area contributed by atoms with Crippen LogP contribution in [0.15, 0.2) is 16.6 Å². The standard InChI is InChI=1S/C13H16BrF2N/c1-8(9-3-4-9)17(2)7-10-12(15)6-5-11(14)13(10)16/h5-6,8-9H,3-4,7H2,1-2H3. The molecule has 1 atom stereocenters. The van der Waals surface area contributed by atoms with Gasteiger partial charge in [-0.25, -0.2) is 8.78 Å². The second-order valence-electron chi connectivity index (χ2n) is 4.81. The Morgan fingerprint density at radius 2 is 2.06 bits per heavy atom. The summed E-state index contributed by atoms with van der Waals surface area (Å²) in [4.78, 5) is 2.02. The molecular formula is C13H16BrF2N. The van der Waals surface area contributed by atoms with Crippen LogP contribution < -0.4 is 0 Å². The van der Waals surface area contributed by atoms with Crippen LogP contribution in [-0.4, -0.2) is 18.0 Å². The molecule has 4 heteroatoms. The Morgan fingerprint density at radius 3 is 2.65 bits per heavy atom. The summed E-state index contributed by atoms with van der Waals surface area (Å²) in [6, 6.07) is 3.09. The van der Waals surface area contributed by atoms with Crippen molar-refractivity contribution in [2.75, 3.05) is 7.05 Å². The fourth-order valence-electron chi connectivity index (χ4n) is 2.05. The van der Waals surface area contributed by atoms with Gasteiger partial charge in [0.1, 0.15) is 11.6 Å². The largest absolute Gasteiger partial charge is 0.299 e. The van der Waals surface area contributed by atoms with Crippen molar-refractivity contribution in [1.82, 2.24) is 4.90 Å². The zero-order valence-corrected chi connectivity index (χ0v) is 11.6. The number of hydrogen-bond donors (Lipinski definition) is 0. The Hall–Kier alpha value is -0.480. The lowest BCUT2D eigenvalue weighted by Crippen LogP contribution is -2.31. The van der Waals surface area contributed by atoms with E-state index in [4.69, 9.17) is 0 Å². The van der Waals surface area contributed by atoms with Crippen LogP contribution in [0.3, 0.4) is 0 Å². The van der Waals surface area contributed by atoms with E-state index in [9.17, 15) is 8.78 Å². The topological polar surface area (TPSA) is 3.24 Å². The van der Waals surface area contributed by atoms with Gasteiger partial charge in [-0.15, -0.1) is 0 Å². The summed E-state index contributed by atoms with van der Waals surface area (Å²) in [6.45, 7) is 2.43. The van der Waals surface area contributed by atoms with Crippen molar-refractivity contribution in [1.29, 1.82) is 0 Å². The Balaban J connectivity index is 2.14. The monoisotopic (exact) mass is 303 g/mol. The molecule has 0 amide bonds. The third kappa shape index (κ3) is 2.86. The van der Waals surface area contributed by atoms with Gasteiger partial charge in [-0.05, 0) is 60.8 Å². The van der Waals surface area contributed by atoms with Crippen molar-refractivity contribution in [3.8, 4) is 0 Å². The van der Waals surface area contributed by atoms with E-state index in [0.29, 0.717) is 23.0 Å². The first-order chi connectivity index (χ1) is 8.00. The predicted octanol–water partition coefficient (Wildman–Crippen LogP) is 3.96. The number of nitrogens with zero attached hydrogens (tertiary/aromatic N) is 1. The van der Waals surface area contributed by atoms with Crippen molar-refractivity contribution in [2.24, 2.45) is 5.92 Å². The molecule has 17 heavy (non-hydrogen) atoms. The van der Waals surface area contributed by atoms with E-state index < -0.39 is 11.6 Å². The molecule has 1 fully saturated rings. The van der Waals surface area contributed by atoms with Crippen LogP contribution in [0.4, 0.5) is 8.78 Å². The molecule has 1 saturated carbocycles. The lowest BCUT2D eigenvalue weighted by atomic mass is 10.1. The van der Waals surface area contributed by atoms with E-state index in [1.807, 2.05) is 11.9 Å². The quantitative estimate of drug-likeness (QED) is 0.761. The van der Waals surface area contributed by atoms with Crippen LogP contribution >= 0.6 is 15.9 Å². The molecule has 0 radical (unpaired) electrons. The molecule has 0 heterocycles. The molecule has 0 aromatic heterocycles. The van der Waals surface area contributed by atoms with E-state index in [-0.39, 0.29) is 5.56 Å². The fourth-order valence-corrected chi connectivity index (χ4v) is 2.42. The predicted molar refractivity (Wildman–Crippen MR) is 67.7 cm³/mol. The Labute approximate surface area is 109 Å². The number of rotatable bonds is 4. The zero-order valence-electron chi connectivity index (χ0n) is 10.0. The molecule has 1 unspecified atom stereocenters. The lowest BCUT2D eigenvalue weighted by molar-refractivity contribution is 0.220. The van der Waals surface area contributed by atoms with Crippen molar-refractivity contribution in [2.45, 2.75) is 32.4 Å². The molecule has 1 aromatic carbocycles. The molecule has 0 spiro atoms. The summed E-state index contributed by atoms with van der Waals surface area (Å²) in [7, 11) is 1.92. The highest BCUT2D eigenvalue weighted by Crippen LogP contribution is 2.35. The summed E-state index contributed by atoms with van der Waals surface area (Å²) in [5, 5.41) is 0. The van der Waals surface area contributed by atoms with Gasteiger partial charge in [0.05, 0.1) is 4.47 Å². The maximum Gasteiger partial charge on any atom is 0.144 e. The Bertz CT molecular complexity index is 418. The molecule has 0 aliphatic heterocycles. The first-order valence-corrected chi connectivity index (χ1v) is 6.62. The summed E-state index contributed by atoms with van der Waals surface area (Å²) < 4.78 is 27.7. The van der Waals surface area contributed by atoms with Crippen molar-refractivity contribution >= 4 is 15.9 Å². The molecular weight excluding hydrogens is 288 g/mol. The molecule has 2 rings (SSSR count). The van der Waals surface area contributed by atoms with E-state index in [0.717, 1.165) is 0 Å². The van der Waals surface area contributed by atoms with E-state index in [2.05, 4.69) is 22.9 Å². The minimum Gasteiger partial charge on any atom is -0.299 e. The second kappa shape index (κ2) is 5.02. The van der Waals surface area contributed by atoms with Gasteiger partial charge in [0.15, 0.2) is 0 Å². The van der Waals surface area contributed by atoms with Crippen molar-refractivity contribution in [3.05, 3.63) is 33.8 Å². The summed E-state index contributed by atoms with van der Waals surface area (Å²) in [6.07, 6.45) is 2.46. The molecule has 1 aliphatic rings. The highest BCUT2D eigenvalue weighted by atomic mass is 79.9. The average molecular weight is 304 g/mol. The summed E-state index contributed by atoms with van der Waals surface area (Å²) in [5.41, 5.74) is 0.148. The third-order valence-corrected chi connectivity index (χ3v) is 4.16. The van der Waals surface area contributed by atoms with Gasteiger partial charge >= 0.3 is 0 Å². The van der Waals surface area contributed by atoms with Crippen LogP contribution in [-0.2, 0) is 6.54 Å². The molecule has 0 saturated heterocycles. The van der Waals surface area contributed by atoms with Gasteiger partial charge in [-0.1, -0.05) is 0 Å². The number of benzene rings is 1. The Kier molecular flexibility index (Phi) is 3.83. The molecule has 1 aliphatic carbocycles. The van der Waals surface area contributed by atoms with Gasteiger partial charge < -0.3 is 0 Å². The molecule has 1 aromatic rings. The molecule has 0 N–H and O–H groups in total. The molecule has 1 nitrogen and oxygen atoms in total. The van der Waals surface area contributed by atoms with Gasteiger partial charge in [0, 0.05) is 18.2 Å². The van der Waals surface area contributed by atoms with Crippen LogP contribution in [0, 0.1) is 17.6 Å². The van der Waals surface area contributed by atoms with Gasteiger partial charge in [-0.3, -0.25) is 4.90 Å². The van der Waals surface area contributed by atoms with Crippen LogP contribution in [0.1, 0.15) is 25.3 Å². The summed E-state index contributed by atoms with van der Waals surface area (Å²) in [5.74, 6) is -0.265. The Morgan fingerprint density at radius 1 is 1.41 bits per heavy atom. The van der Waals surface area contributed by atoms with Crippen LogP contribution in [0.25, 0.3) is 0 Å². The van der Waals surface area contributed by atoms with Crippen molar-refractivity contribution < 1.29 is 8.78 Å². The normalized spacial score (nSPS) is 17.5. The van der Waals surface area contributed by atoms with E-state index in [1.54, 1.807) is 0 Å². The minimum atomic E-state index is -0.486.